The van der Waals surface area contributed by atoms with Crippen molar-refractivity contribution in [2.75, 3.05) is 20.3 Å². The van der Waals surface area contributed by atoms with Crippen LogP contribution in [-0.4, -0.2) is 34.6 Å². The van der Waals surface area contributed by atoms with E-state index < -0.39 is 22.9 Å². The van der Waals surface area contributed by atoms with Crippen molar-refractivity contribution in [1.29, 1.82) is 0 Å². The lowest BCUT2D eigenvalue weighted by Gasteiger charge is -1.93. The van der Waals surface area contributed by atoms with Crippen LogP contribution >= 0.6 is 0 Å². The van der Waals surface area contributed by atoms with Crippen LogP contribution in [-0.2, 0) is 14.8 Å². The molecule has 0 saturated carbocycles. The van der Waals surface area contributed by atoms with Crippen molar-refractivity contribution in [1.82, 2.24) is 10.0 Å². The van der Waals surface area contributed by atoms with Gasteiger partial charge in [0.25, 0.3) is 0 Å². The highest BCUT2D eigenvalue weighted by molar-refractivity contribution is 7.89. The fourth-order valence-corrected chi connectivity index (χ4v) is 0.783. The summed E-state index contributed by atoms with van der Waals surface area (Å²) in [5.41, 5.74) is 0. The van der Waals surface area contributed by atoms with Crippen LogP contribution in [0.4, 0.5) is 0 Å². The molecule has 2 N–H and O–H groups in total. The summed E-state index contributed by atoms with van der Waals surface area (Å²) in [5.74, 6) is -0.562. The summed E-state index contributed by atoms with van der Waals surface area (Å²) in [4.78, 5) is 9.97. The van der Waals surface area contributed by atoms with Crippen LogP contribution in [0.3, 0.4) is 0 Å². The van der Waals surface area contributed by atoms with Gasteiger partial charge in [-0.2, -0.15) is 0 Å². The van der Waals surface area contributed by atoms with Crippen molar-refractivity contribution < 1.29 is 16.0 Å². The lowest BCUT2D eigenvalue weighted by Crippen LogP contribution is -2.26. The summed E-state index contributed by atoms with van der Waals surface area (Å²) in [6.07, 6.45) is 2.17. The standard InChI is InChI=1S/C3H7NO3S.C3H8.C2H7N/c1-3(5)4-8(2,6)7;2*1-3-2/h1-2H3,(H,4,5);3H2,1-2H3;3H,1-2H3/i;;1T2. The zero-order chi connectivity index (χ0) is 13.8. The number of carbonyl (C=O) groups is 1. The quantitative estimate of drug-likeness (QED) is 0.681. The van der Waals surface area contributed by atoms with Gasteiger partial charge in [0.15, 0.2) is 0 Å². The Hall–Kier alpha value is -0.620. The fourth-order valence-electron chi connectivity index (χ4n) is 0.261. The zero-order valence-electron chi connectivity index (χ0n) is 11.4. The van der Waals surface area contributed by atoms with Crippen LogP contribution in [0.5, 0.6) is 0 Å². The molecular weight excluding hydrogens is 204 g/mol. The molecule has 1 amide bonds. The normalized spacial score (nSPS) is 11.0. The molecule has 0 bridgehead atoms. The van der Waals surface area contributed by atoms with Crippen LogP contribution in [0.1, 0.15) is 29.9 Å². The molecule has 0 unspecified atom stereocenters. The minimum absolute atomic E-state index is 0.562. The van der Waals surface area contributed by atoms with Crippen molar-refractivity contribution in [2.24, 2.45) is 0 Å². The van der Waals surface area contributed by atoms with E-state index in [1.807, 2.05) is 0 Å². The van der Waals surface area contributed by atoms with E-state index in [-0.39, 0.29) is 0 Å². The number of rotatable bonds is 1. The van der Waals surface area contributed by atoms with Gasteiger partial charge in [0.1, 0.15) is 0 Å². The lowest BCUT2D eigenvalue weighted by atomic mass is 10.6. The third-order valence-corrected chi connectivity index (χ3v) is 0.987. The number of amides is 1. The minimum Gasteiger partial charge on any atom is -0.323 e. The van der Waals surface area contributed by atoms with E-state index >= 15 is 0 Å². The first-order valence-electron chi connectivity index (χ1n) is 5.26. The maximum absolute atomic E-state index is 10.1. The monoisotopic (exact) mass is 230 g/mol. The smallest absolute Gasteiger partial charge is 0.231 e. The van der Waals surface area contributed by atoms with Gasteiger partial charge < -0.3 is 5.32 Å². The highest BCUT2D eigenvalue weighted by atomic mass is 32.2. The summed E-state index contributed by atoms with van der Waals surface area (Å²) >= 11 is 0. The van der Waals surface area contributed by atoms with E-state index in [0.29, 0.717) is 0 Å². The summed E-state index contributed by atoms with van der Waals surface area (Å²) in [6, 6.07) is 0. The molecule has 0 aromatic heterocycles. The first-order valence-corrected chi connectivity index (χ1v) is 5.99. The number of sulfonamides is 1. The van der Waals surface area contributed by atoms with E-state index in [2.05, 4.69) is 19.2 Å². The first kappa shape index (κ1) is 13.4. The van der Waals surface area contributed by atoms with Crippen LogP contribution < -0.4 is 10.0 Å². The predicted molar refractivity (Wildman–Crippen MR) is 59.6 cm³/mol. The predicted octanol–water partition coefficient (Wildman–Crippen LogP) is 0.334. The Bertz CT molecular complexity index is 256. The summed E-state index contributed by atoms with van der Waals surface area (Å²) < 4.78 is 34.7. The van der Waals surface area contributed by atoms with E-state index in [0.717, 1.165) is 13.2 Å². The maximum Gasteiger partial charge on any atom is 0.231 e. The lowest BCUT2D eigenvalue weighted by molar-refractivity contribution is -0.117. The molecule has 0 heterocycles. The summed E-state index contributed by atoms with van der Waals surface area (Å²) in [7, 11) is -1.75. The van der Waals surface area contributed by atoms with Gasteiger partial charge in [-0.15, -0.1) is 0 Å². The van der Waals surface area contributed by atoms with Gasteiger partial charge in [-0.25, -0.2) is 8.42 Å². The molecule has 0 aliphatic carbocycles. The molecule has 88 valence electrons. The highest BCUT2D eigenvalue weighted by Crippen LogP contribution is 1.70. The van der Waals surface area contributed by atoms with Crippen LogP contribution in [0.25, 0.3) is 0 Å². The van der Waals surface area contributed by atoms with Gasteiger partial charge in [0.2, 0.25) is 15.9 Å². The van der Waals surface area contributed by atoms with Crippen molar-refractivity contribution in [3.8, 4) is 0 Å². The third kappa shape index (κ3) is 63.9. The third-order valence-electron chi connectivity index (χ3n) is 0.329. The van der Waals surface area contributed by atoms with Crippen molar-refractivity contribution in [3.63, 3.8) is 0 Å². The van der Waals surface area contributed by atoms with E-state index in [9.17, 15) is 13.2 Å². The van der Waals surface area contributed by atoms with Crippen LogP contribution in [0, 0.1) is 0 Å². The van der Waals surface area contributed by atoms with Gasteiger partial charge in [-0.3, -0.25) is 9.52 Å². The highest BCUT2D eigenvalue weighted by Gasteiger charge is 1.99. The molecule has 0 aromatic rings. The van der Waals surface area contributed by atoms with Crippen LogP contribution in [0.15, 0.2) is 0 Å². The van der Waals surface area contributed by atoms with E-state index in [1.54, 1.807) is 11.8 Å². The largest absolute Gasteiger partial charge is 0.323 e. The molecule has 0 rings (SSSR count). The summed E-state index contributed by atoms with van der Waals surface area (Å²) in [6.45, 7) is 4.52. The molecule has 0 fully saturated rings. The zero-order valence-corrected chi connectivity index (χ0v) is 10.2. The van der Waals surface area contributed by atoms with Crippen molar-refractivity contribution in [3.05, 3.63) is 0 Å². The number of hydrogen-bond donors (Lipinski definition) is 2. The molecular formula is C8H22N2O3S. The molecule has 6 heteroatoms. The minimum atomic E-state index is -3.32. The second kappa shape index (κ2) is 12.4. The van der Waals surface area contributed by atoms with E-state index in [1.165, 1.54) is 6.42 Å². The average Bonchev–Trinajstić information content (AvgIpc) is 2.01. The SMILES string of the molecule is CC(=O)NS(C)(=O)=O.CCC.[3H]C([3H])NC. The Labute approximate surface area is 90.1 Å². The molecule has 0 aliphatic heterocycles. The second-order valence-electron chi connectivity index (χ2n) is 2.43. The molecule has 0 saturated heterocycles. The molecule has 0 radical (unpaired) electrons. The van der Waals surface area contributed by atoms with Crippen molar-refractivity contribution >= 4 is 15.9 Å². The second-order valence-corrected chi connectivity index (χ2v) is 4.17. The number of nitrogens with one attached hydrogen (secondary N) is 2. The fraction of sp³-hybridized carbons (Fsp3) is 0.875. The Kier molecular flexibility index (Phi) is 11.8. The Balaban J connectivity index is -0.000000181. The Morgan fingerprint density at radius 2 is 1.71 bits per heavy atom. The topological polar surface area (TPSA) is 75.3 Å². The molecule has 0 aliphatic rings. The van der Waals surface area contributed by atoms with Gasteiger partial charge in [-0.05, 0) is 14.0 Å². The molecule has 0 atom stereocenters. The Morgan fingerprint density at radius 1 is 1.43 bits per heavy atom. The van der Waals surface area contributed by atoms with Gasteiger partial charge in [0, 0.05) is 9.67 Å². The molecule has 0 spiro atoms. The van der Waals surface area contributed by atoms with Gasteiger partial charge in [-0.1, -0.05) is 20.3 Å². The maximum atomic E-state index is 10.1. The van der Waals surface area contributed by atoms with Crippen LogP contribution in [0.2, 0.25) is 0 Å². The Morgan fingerprint density at radius 3 is 1.71 bits per heavy atom. The van der Waals surface area contributed by atoms with Gasteiger partial charge in [0.05, 0.1) is 6.26 Å². The number of carbonyl (C=O) groups excluding carboxylic acids is 1. The molecule has 5 nitrogen and oxygen atoms in total. The molecule has 0 aromatic carbocycles. The number of hydrogen-bond acceptors (Lipinski definition) is 4. The average molecular weight is 230 g/mol. The van der Waals surface area contributed by atoms with E-state index in [4.69, 9.17) is 2.74 Å². The van der Waals surface area contributed by atoms with Crippen molar-refractivity contribution in [2.45, 2.75) is 27.2 Å². The molecule has 14 heavy (non-hydrogen) atoms. The first-order chi connectivity index (χ1) is 7.10. The summed E-state index contributed by atoms with van der Waals surface area (Å²) in [5, 5.41) is 2.36. The van der Waals surface area contributed by atoms with Gasteiger partial charge >= 0.3 is 0 Å².